The van der Waals surface area contributed by atoms with Gasteiger partial charge in [0.15, 0.2) is 0 Å². The number of phosphoric ester groups is 1. The van der Waals surface area contributed by atoms with Gasteiger partial charge in [0, 0.05) is 6.42 Å². The van der Waals surface area contributed by atoms with Crippen LogP contribution < -0.4 is 10.2 Å². The zero-order chi connectivity index (χ0) is 55.6. The van der Waals surface area contributed by atoms with Crippen molar-refractivity contribution in [1.82, 2.24) is 5.32 Å². The molecule has 0 aliphatic heterocycles. The van der Waals surface area contributed by atoms with E-state index >= 15 is 0 Å². The lowest BCUT2D eigenvalue weighted by Crippen LogP contribution is -2.46. The molecule has 76 heavy (non-hydrogen) atoms. The fourth-order valence-corrected chi connectivity index (χ4v) is 9.66. The minimum absolute atomic E-state index is 0.00776. The number of carbonyl (C=O) groups excluding carboxylic acids is 1. The Kier molecular flexibility index (Phi) is 55.2. The quantitative estimate of drug-likeness (QED) is 0.0272. The van der Waals surface area contributed by atoms with Crippen molar-refractivity contribution >= 4 is 13.7 Å². The molecule has 0 fully saturated rings. The molecule has 0 aromatic heterocycles. The molecule has 2 N–H and O–H groups in total. The average molecular weight is 1080 g/mol. The Bertz CT molecular complexity index is 1560. The number of carbonyl (C=O) groups is 1. The summed E-state index contributed by atoms with van der Waals surface area (Å²) in [4.78, 5) is 25.6. The first-order valence-electron chi connectivity index (χ1n) is 31.6. The van der Waals surface area contributed by atoms with E-state index < -0.39 is 20.0 Å². The van der Waals surface area contributed by atoms with Gasteiger partial charge in [-0.1, -0.05) is 284 Å². The molecule has 0 saturated carbocycles. The molecule has 0 saturated heterocycles. The standard InChI is InChI=1S/C67H121N2O6P/c1-6-8-10-12-14-16-18-20-22-24-26-27-28-29-30-31-32-33-34-35-36-37-38-39-40-41-43-45-47-49-51-53-55-57-59-61-67(71)68-65(64-75-76(72,73)74-63-62-69(3,4)5)66(70)60-58-56-54-52-50-48-46-44-42-25-23-21-19-17-15-13-11-9-7-2/h8,10,14,16,20,22,26-27,29-30,32-33,35-36,38-39,65-66,70H,6-7,9,11-13,15,17-19,21,23-25,28,31,34,37,40-64H2,1-5H3,(H-,68,71,72,73)/b10-8-,16-14-,22-20-,27-26-,30-29-,33-32-,36-35-,39-38-. The smallest absolute Gasteiger partial charge is 0.268 e. The van der Waals surface area contributed by atoms with Crippen LogP contribution in [0.4, 0.5) is 0 Å². The van der Waals surface area contributed by atoms with Crippen LogP contribution in [0.2, 0.25) is 0 Å². The van der Waals surface area contributed by atoms with Crippen LogP contribution in [0.25, 0.3) is 0 Å². The van der Waals surface area contributed by atoms with E-state index in [0.717, 1.165) is 96.3 Å². The van der Waals surface area contributed by atoms with Crippen molar-refractivity contribution in [2.24, 2.45) is 0 Å². The van der Waals surface area contributed by atoms with Gasteiger partial charge in [-0.15, -0.1) is 0 Å². The SMILES string of the molecule is CC/C=C\C/C=C\C/C=C\C/C=C\C/C=C\C/C=C\C/C=C\C/C=C\CCCCCCCCCCCCC(=O)NC(COP(=O)([O-])OCC[N+](C)(C)C)C(O)CCCCCCCCCCCCCCCCCCCCC. The van der Waals surface area contributed by atoms with E-state index in [0.29, 0.717) is 23.9 Å². The topological polar surface area (TPSA) is 108 Å². The summed E-state index contributed by atoms with van der Waals surface area (Å²) in [7, 11) is 1.30. The number of rotatable bonds is 57. The number of aliphatic hydroxyl groups excluding tert-OH is 1. The van der Waals surface area contributed by atoms with Gasteiger partial charge in [0.1, 0.15) is 13.2 Å². The molecule has 0 radical (unpaired) electrons. The van der Waals surface area contributed by atoms with Crippen LogP contribution >= 0.6 is 7.82 Å². The fraction of sp³-hybridized carbons (Fsp3) is 0.746. The fourth-order valence-electron chi connectivity index (χ4n) is 8.94. The highest BCUT2D eigenvalue weighted by atomic mass is 31.2. The van der Waals surface area contributed by atoms with E-state index in [9.17, 15) is 19.4 Å². The number of hydrogen-bond acceptors (Lipinski definition) is 6. The van der Waals surface area contributed by atoms with Crippen molar-refractivity contribution < 1.29 is 32.9 Å². The summed E-state index contributed by atoms with van der Waals surface area (Å²) in [5.74, 6) is -0.171. The number of amides is 1. The van der Waals surface area contributed by atoms with Crippen LogP contribution in [-0.4, -0.2) is 68.5 Å². The zero-order valence-electron chi connectivity index (χ0n) is 50.2. The number of aliphatic hydroxyl groups is 1. The van der Waals surface area contributed by atoms with Gasteiger partial charge in [-0.05, 0) is 77.0 Å². The van der Waals surface area contributed by atoms with E-state index in [1.807, 2.05) is 21.1 Å². The average Bonchev–Trinajstić information content (AvgIpc) is 3.38. The van der Waals surface area contributed by atoms with Crippen molar-refractivity contribution in [3.05, 3.63) is 97.2 Å². The van der Waals surface area contributed by atoms with E-state index in [-0.39, 0.29) is 19.1 Å². The summed E-state index contributed by atoms with van der Waals surface area (Å²) in [6.45, 7) is 4.62. The van der Waals surface area contributed by atoms with Gasteiger partial charge >= 0.3 is 0 Å². The van der Waals surface area contributed by atoms with E-state index in [4.69, 9.17) is 9.05 Å². The van der Waals surface area contributed by atoms with E-state index in [1.54, 1.807) is 0 Å². The van der Waals surface area contributed by atoms with Gasteiger partial charge in [-0.25, -0.2) is 0 Å². The molecule has 3 unspecified atom stereocenters. The Morgan fingerprint density at radius 2 is 0.803 bits per heavy atom. The maximum absolute atomic E-state index is 13.0. The van der Waals surface area contributed by atoms with E-state index in [1.165, 1.54) is 148 Å². The molecule has 0 aliphatic carbocycles. The molecule has 8 nitrogen and oxygen atoms in total. The number of nitrogens with one attached hydrogen (secondary N) is 1. The lowest BCUT2D eigenvalue weighted by atomic mass is 10.0. The Morgan fingerprint density at radius 1 is 0.474 bits per heavy atom. The van der Waals surface area contributed by atoms with Crippen LogP contribution in [0.1, 0.15) is 271 Å². The molecule has 0 bridgehead atoms. The van der Waals surface area contributed by atoms with Crippen LogP contribution in [0.3, 0.4) is 0 Å². The Morgan fingerprint density at radius 3 is 1.17 bits per heavy atom. The molecule has 440 valence electrons. The Labute approximate surface area is 470 Å². The van der Waals surface area contributed by atoms with Crippen LogP contribution in [-0.2, 0) is 18.4 Å². The number of unbranched alkanes of at least 4 members (excludes halogenated alkanes) is 28. The third kappa shape index (κ3) is 59.1. The first-order chi connectivity index (χ1) is 37.0. The number of allylic oxidation sites excluding steroid dienone is 16. The molecule has 3 atom stereocenters. The molecule has 0 aliphatic rings. The predicted molar refractivity (Wildman–Crippen MR) is 329 cm³/mol. The molecule has 0 aromatic carbocycles. The van der Waals surface area contributed by atoms with Crippen molar-refractivity contribution in [2.75, 3.05) is 40.9 Å². The van der Waals surface area contributed by atoms with Gasteiger partial charge < -0.3 is 28.8 Å². The van der Waals surface area contributed by atoms with Crippen LogP contribution in [0, 0.1) is 0 Å². The second kappa shape index (κ2) is 57.1. The predicted octanol–water partition coefficient (Wildman–Crippen LogP) is 19.1. The largest absolute Gasteiger partial charge is 0.756 e. The number of nitrogens with zero attached hydrogens (tertiary/aromatic N) is 1. The normalized spacial score (nSPS) is 14.5. The van der Waals surface area contributed by atoms with E-state index in [2.05, 4.69) is 116 Å². The summed E-state index contributed by atoms with van der Waals surface area (Å²) in [5, 5.41) is 14.0. The molecule has 0 rings (SSSR count). The van der Waals surface area contributed by atoms with Gasteiger partial charge in [0.05, 0.1) is 39.9 Å². The summed E-state index contributed by atoms with van der Waals surface area (Å²) >= 11 is 0. The third-order valence-electron chi connectivity index (χ3n) is 13.8. The second-order valence-electron chi connectivity index (χ2n) is 22.4. The molecular formula is C67H121N2O6P. The highest BCUT2D eigenvalue weighted by Gasteiger charge is 2.24. The van der Waals surface area contributed by atoms with Crippen molar-refractivity contribution in [1.29, 1.82) is 0 Å². The lowest BCUT2D eigenvalue weighted by Gasteiger charge is -2.30. The molecule has 0 heterocycles. The summed E-state index contributed by atoms with van der Waals surface area (Å²) < 4.78 is 23.5. The Balaban J connectivity index is 4.12. The highest BCUT2D eigenvalue weighted by Crippen LogP contribution is 2.38. The lowest BCUT2D eigenvalue weighted by molar-refractivity contribution is -0.870. The monoisotopic (exact) mass is 1080 g/mol. The molecule has 9 heteroatoms. The van der Waals surface area contributed by atoms with Crippen molar-refractivity contribution in [3.63, 3.8) is 0 Å². The van der Waals surface area contributed by atoms with Crippen molar-refractivity contribution in [2.45, 2.75) is 283 Å². The molecule has 0 spiro atoms. The number of likely N-dealkylation sites (N-methyl/N-ethyl adjacent to an activating group) is 1. The first-order valence-corrected chi connectivity index (χ1v) is 33.0. The van der Waals surface area contributed by atoms with Gasteiger partial charge in [-0.3, -0.25) is 9.36 Å². The summed E-state index contributed by atoms with van der Waals surface area (Å²) in [5.41, 5.74) is 0. The maximum Gasteiger partial charge on any atom is 0.268 e. The third-order valence-corrected chi connectivity index (χ3v) is 14.8. The minimum atomic E-state index is -4.58. The molecular weight excluding hydrogens is 960 g/mol. The first kappa shape index (κ1) is 73.4. The summed E-state index contributed by atoms with van der Waals surface area (Å²) in [6.07, 6.45) is 81.6. The van der Waals surface area contributed by atoms with Gasteiger partial charge in [-0.2, -0.15) is 0 Å². The highest BCUT2D eigenvalue weighted by molar-refractivity contribution is 7.45. The summed E-state index contributed by atoms with van der Waals surface area (Å²) in [6, 6.07) is -0.810. The number of phosphoric acid groups is 1. The van der Waals surface area contributed by atoms with Crippen molar-refractivity contribution in [3.8, 4) is 0 Å². The molecule has 0 aromatic rings. The van der Waals surface area contributed by atoms with Crippen LogP contribution in [0.5, 0.6) is 0 Å². The minimum Gasteiger partial charge on any atom is -0.756 e. The van der Waals surface area contributed by atoms with Gasteiger partial charge in [0.25, 0.3) is 7.82 Å². The second-order valence-corrected chi connectivity index (χ2v) is 23.8. The Hall–Kier alpha value is -2.58. The number of quaternary nitrogens is 1. The van der Waals surface area contributed by atoms with Crippen LogP contribution in [0.15, 0.2) is 97.2 Å². The maximum atomic E-state index is 13.0. The van der Waals surface area contributed by atoms with Gasteiger partial charge in [0.2, 0.25) is 5.91 Å². The zero-order valence-corrected chi connectivity index (χ0v) is 51.1. The number of hydrogen-bond donors (Lipinski definition) is 2. The molecule has 1 amide bonds.